The van der Waals surface area contributed by atoms with Crippen molar-refractivity contribution in [3.8, 4) is 17.1 Å². The Bertz CT molecular complexity index is 763. The molecule has 6 nitrogen and oxygen atoms in total. The summed E-state index contributed by atoms with van der Waals surface area (Å²) < 4.78 is 28.4. The average molecular weight is 372 g/mol. The lowest BCUT2D eigenvalue weighted by molar-refractivity contribution is 0.493. The Morgan fingerprint density at radius 3 is 2.52 bits per heavy atom. The smallest absolute Gasteiger partial charge is 0.306 e. The molecule has 0 unspecified atom stereocenters. The number of aromatic nitrogens is 2. The lowest BCUT2D eigenvalue weighted by Crippen LogP contribution is -2.12. The van der Waals surface area contributed by atoms with Crippen molar-refractivity contribution in [2.45, 2.75) is 0 Å². The first kappa shape index (κ1) is 15.7. The molecule has 0 aliphatic carbocycles. The van der Waals surface area contributed by atoms with E-state index in [1.54, 1.807) is 30.5 Å². The maximum atomic E-state index is 11.3. The van der Waals surface area contributed by atoms with Crippen LogP contribution in [0.4, 0.5) is 5.82 Å². The summed E-state index contributed by atoms with van der Waals surface area (Å²) in [5.41, 5.74) is 0.513. The van der Waals surface area contributed by atoms with Gasteiger partial charge in [-0.3, -0.25) is 0 Å². The van der Waals surface area contributed by atoms with Crippen LogP contribution in [0.15, 0.2) is 34.9 Å². The average Bonchev–Trinajstić information content (AvgIpc) is 2.38. The molecule has 0 atom stereocenters. The zero-order valence-electron chi connectivity index (χ0n) is 11.7. The molecule has 0 bridgehead atoms. The summed E-state index contributed by atoms with van der Waals surface area (Å²) in [6, 6.07) is 6.74. The maximum Gasteiger partial charge on any atom is 0.306 e. The Kier molecular flexibility index (Phi) is 4.48. The first-order chi connectivity index (χ1) is 9.78. The zero-order chi connectivity index (χ0) is 15.6. The molecule has 21 heavy (non-hydrogen) atoms. The molecule has 0 amide bonds. The van der Waals surface area contributed by atoms with Gasteiger partial charge >= 0.3 is 10.1 Å². The van der Waals surface area contributed by atoms with Gasteiger partial charge in [0.25, 0.3) is 0 Å². The summed E-state index contributed by atoms with van der Waals surface area (Å²) in [6.07, 6.45) is 2.62. The predicted molar refractivity (Wildman–Crippen MR) is 85.0 cm³/mol. The highest BCUT2D eigenvalue weighted by Crippen LogP contribution is 2.31. The number of rotatable bonds is 4. The second-order valence-corrected chi connectivity index (χ2v) is 6.97. The van der Waals surface area contributed by atoms with Crippen LogP contribution in [0.25, 0.3) is 11.4 Å². The Morgan fingerprint density at radius 1 is 1.24 bits per heavy atom. The van der Waals surface area contributed by atoms with Gasteiger partial charge in [0.1, 0.15) is 5.82 Å². The van der Waals surface area contributed by atoms with Gasteiger partial charge in [-0.2, -0.15) is 8.42 Å². The monoisotopic (exact) mass is 371 g/mol. The van der Waals surface area contributed by atoms with Gasteiger partial charge in [-0.15, -0.1) is 0 Å². The van der Waals surface area contributed by atoms with Crippen LogP contribution in [0.3, 0.4) is 0 Å². The number of hydrogen-bond acceptors (Lipinski definition) is 6. The third-order valence-electron chi connectivity index (χ3n) is 2.52. The predicted octanol–water partition coefficient (Wildman–Crippen LogP) is 2.31. The number of para-hydroxylation sites is 1. The van der Waals surface area contributed by atoms with Gasteiger partial charge in [-0.1, -0.05) is 12.1 Å². The van der Waals surface area contributed by atoms with E-state index >= 15 is 0 Å². The molecule has 0 saturated heterocycles. The van der Waals surface area contributed by atoms with E-state index < -0.39 is 10.1 Å². The second kappa shape index (κ2) is 5.98. The number of anilines is 1. The SMILES string of the molecule is CN(C)c1nc(-c2ccccc2OS(C)(=O)=O)ncc1Br. The van der Waals surface area contributed by atoms with Crippen molar-refractivity contribution in [1.82, 2.24) is 9.97 Å². The van der Waals surface area contributed by atoms with Gasteiger partial charge in [0, 0.05) is 20.3 Å². The largest absolute Gasteiger partial charge is 0.382 e. The molecule has 0 aliphatic rings. The van der Waals surface area contributed by atoms with E-state index in [1.165, 1.54) is 0 Å². The van der Waals surface area contributed by atoms with Crippen LogP contribution < -0.4 is 9.08 Å². The third-order valence-corrected chi connectivity index (χ3v) is 3.56. The van der Waals surface area contributed by atoms with Crippen molar-refractivity contribution in [3.05, 3.63) is 34.9 Å². The topological polar surface area (TPSA) is 72.4 Å². The molecule has 8 heteroatoms. The standard InChI is InChI=1S/C13H14BrN3O3S/c1-17(2)13-10(14)8-15-12(16-13)9-6-4-5-7-11(9)20-21(3,18)19/h4-8H,1-3H3. The highest BCUT2D eigenvalue weighted by molar-refractivity contribution is 9.10. The lowest BCUT2D eigenvalue weighted by atomic mass is 10.2. The van der Waals surface area contributed by atoms with E-state index in [2.05, 4.69) is 25.9 Å². The third kappa shape index (κ3) is 3.92. The van der Waals surface area contributed by atoms with Crippen LogP contribution in [-0.2, 0) is 10.1 Å². The lowest BCUT2D eigenvalue weighted by Gasteiger charge is -2.15. The fourth-order valence-electron chi connectivity index (χ4n) is 1.69. The molecule has 0 N–H and O–H groups in total. The summed E-state index contributed by atoms with van der Waals surface area (Å²) in [5.74, 6) is 1.28. The molecule has 0 aliphatic heterocycles. The Hall–Kier alpha value is -1.67. The van der Waals surface area contributed by atoms with Crippen molar-refractivity contribution in [3.63, 3.8) is 0 Å². The summed E-state index contributed by atoms with van der Waals surface area (Å²) in [6.45, 7) is 0. The highest BCUT2D eigenvalue weighted by Gasteiger charge is 2.15. The van der Waals surface area contributed by atoms with E-state index in [4.69, 9.17) is 4.18 Å². The minimum absolute atomic E-state index is 0.201. The van der Waals surface area contributed by atoms with Crippen LogP contribution in [0.2, 0.25) is 0 Å². The Morgan fingerprint density at radius 2 is 1.90 bits per heavy atom. The van der Waals surface area contributed by atoms with Crippen LogP contribution in [0.1, 0.15) is 0 Å². The van der Waals surface area contributed by atoms with E-state index in [0.717, 1.165) is 10.7 Å². The van der Waals surface area contributed by atoms with Crippen molar-refractivity contribution in [2.24, 2.45) is 0 Å². The molecule has 0 spiro atoms. The molecule has 1 aromatic heterocycles. The number of halogens is 1. The molecular weight excluding hydrogens is 358 g/mol. The van der Waals surface area contributed by atoms with Crippen molar-refractivity contribution < 1.29 is 12.6 Å². The van der Waals surface area contributed by atoms with E-state index in [1.807, 2.05) is 19.0 Å². The first-order valence-electron chi connectivity index (χ1n) is 5.96. The highest BCUT2D eigenvalue weighted by atomic mass is 79.9. The van der Waals surface area contributed by atoms with Crippen molar-refractivity contribution in [1.29, 1.82) is 0 Å². The molecule has 2 aromatic rings. The van der Waals surface area contributed by atoms with Gasteiger partial charge in [-0.25, -0.2) is 9.97 Å². The zero-order valence-corrected chi connectivity index (χ0v) is 14.1. The fraction of sp³-hybridized carbons (Fsp3) is 0.231. The minimum atomic E-state index is -3.62. The van der Waals surface area contributed by atoms with E-state index in [-0.39, 0.29) is 5.75 Å². The van der Waals surface area contributed by atoms with E-state index in [0.29, 0.717) is 17.2 Å². The van der Waals surface area contributed by atoms with Gasteiger partial charge in [-0.05, 0) is 28.1 Å². The molecule has 1 aromatic carbocycles. The van der Waals surface area contributed by atoms with Gasteiger partial charge in [0.2, 0.25) is 0 Å². The van der Waals surface area contributed by atoms with Crippen LogP contribution in [0.5, 0.6) is 5.75 Å². The summed E-state index contributed by atoms with van der Waals surface area (Å²) in [5, 5.41) is 0. The van der Waals surface area contributed by atoms with Crippen LogP contribution in [-0.4, -0.2) is 38.7 Å². The summed E-state index contributed by atoms with van der Waals surface area (Å²) in [4.78, 5) is 10.5. The number of nitrogens with zero attached hydrogens (tertiary/aromatic N) is 3. The van der Waals surface area contributed by atoms with Crippen molar-refractivity contribution in [2.75, 3.05) is 25.3 Å². The molecule has 112 valence electrons. The first-order valence-corrected chi connectivity index (χ1v) is 8.57. The van der Waals surface area contributed by atoms with Crippen LogP contribution >= 0.6 is 15.9 Å². The normalized spacial score (nSPS) is 11.2. The maximum absolute atomic E-state index is 11.3. The number of benzene rings is 1. The van der Waals surface area contributed by atoms with Crippen LogP contribution in [0, 0.1) is 0 Å². The summed E-state index contributed by atoms with van der Waals surface area (Å²) in [7, 11) is 0.0963. The second-order valence-electron chi connectivity index (χ2n) is 4.54. The van der Waals surface area contributed by atoms with Gasteiger partial charge in [0.15, 0.2) is 11.6 Å². The Labute approximate surface area is 132 Å². The van der Waals surface area contributed by atoms with Gasteiger partial charge in [0.05, 0.1) is 16.3 Å². The molecule has 0 fully saturated rings. The molecule has 2 rings (SSSR count). The van der Waals surface area contributed by atoms with Gasteiger partial charge < -0.3 is 9.08 Å². The van der Waals surface area contributed by atoms with Crippen molar-refractivity contribution >= 4 is 31.9 Å². The number of hydrogen-bond donors (Lipinski definition) is 0. The fourth-order valence-corrected chi connectivity index (χ4v) is 2.71. The van der Waals surface area contributed by atoms with E-state index in [9.17, 15) is 8.42 Å². The molecular formula is C13H14BrN3O3S. The molecule has 0 saturated carbocycles. The minimum Gasteiger partial charge on any atom is -0.382 e. The Balaban J connectivity index is 2.55. The quantitative estimate of drug-likeness (QED) is 0.767. The molecule has 1 heterocycles. The summed E-state index contributed by atoms with van der Waals surface area (Å²) >= 11 is 3.38. The molecule has 0 radical (unpaired) electrons.